The van der Waals surface area contributed by atoms with E-state index in [2.05, 4.69) is 4.57 Å². The summed E-state index contributed by atoms with van der Waals surface area (Å²) in [5, 5.41) is 12.3. The number of benzene rings is 1. The molecular formula is C24H28N2O4S. The minimum Gasteiger partial charge on any atom is -0.478 e. The number of para-hydroxylation sites is 1. The maximum Gasteiger partial charge on any atom is 0.337 e. The molecule has 1 unspecified atom stereocenters. The van der Waals surface area contributed by atoms with Gasteiger partial charge in [0.15, 0.2) is 5.01 Å². The third kappa shape index (κ3) is 4.83. The first-order valence-electron chi connectivity index (χ1n) is 10.7. The molecule has 6 nitrogen and oxygen atoms in total. The molecule has 1 N–H and O–H groups in total. The number of ether oxygens (including phenoxy) is 2. The van der Waals surface area contributed by atoms with E-state index >= 15 is 0 Å². The summed E-state index contributed by atoms with van der Waals surface area (Å²) in [6.45, 7) is 2.72. The van der Waals surface area contributed by atoms with Gasteiger partial charge in [-0.2, -0.15) is 0 Å². The lowest BCUT2D eigenvalue weighted by molar-refractivity contribution is -0.0562. The number of thiazole rings is 1. The van der Waals surface area contributed by atoms with Gasteiger partial charge in [-0.15, -0.1) is 11.3 Å². The molecule has 2 heterocycles. The van der Waals surface area contributed by atoms with E-state index in [1.165, 1.54) is 43.4 Å². The highest BCUT2D eigenvalue weighted by atomic mass is 32.1. The molecule has 1 aliphatic rings. The third-order valence-corrected chi connectivity index (χ3v) is 6.82. The number of carbonyl (C=O) groups is 1. The molecule has 31 heavy (non-hydrogen) atoms. The molecule has 1 fully saturated rings. The first-order chi connectivity index (χ1) is 15.1. The normalized spacial score (nSPS) is 15.7. The zero-order chi connectivity index (χ0) is 21.8. The van der Waals surface area contributed by atoms with E-state index in [9.17, 15) is 9.90 Å². The number of hydrogen-bond donors (Lipinski definition) is 1. The first kappa shape index (κ1) is 21.6. The van der Waals surface area contributed by atoms with Crippen molar-refractivity contribution in [3.05, 3.63) is 58.0 Å². The molecule has 0 bridgehead atoms. The van der Waals surface area contributed by atoms with Gasteiger partial charge in [-0.3, -0.25) is 0 Å². The van der Waals surface area contributed by atoms with E-state index in [4.69, 9.17) is 14.5 Å². The average Bonchev–Trinajstić information content (AvgIpc) is 3.39. The fourth-order valence-corrected chi connectivity index (χ4v) is 5.08. The number of nitrogens with zero attached hydrogens (tertiary/aromatic N) is 2. The zero-order valence-electron chi connectivity index (χ0n) is 17.9. The topological polar surface area (TPSA) is 73.6 Å². The molecule has 0 saturated heterocycles. The van der Waals surface area contributed by atoms with Gasteiger partial charge < -0.3 is 19.1 Å². The highest BCUT2D eigenvalue weighted by Gasteiger charge is 2.24. The van der Waals surface area contributed by atoms with E-state index in [-0.39, 0.29) is 0 Å². The second kappa shape index (κ2) is 9.66. The van der Waals surface area contributed by atoms with Gasteiger partial charge in [0.05, 0.1) is 17.0 Å². The third-order valence-electron chi connectivity index (χ3n) is 5.95. The standard InChI is InChI=1S/C24H28N2O4S/c1-16-19(23(27)28)13-21(26(16)14-17-9-5-3-6-10-17)20-15-31-22(25-20)24(29-2)30-18-11-7-4-8-12-18/h4,7-8,11-13,15,17,24H,3,5-6,9-10,14H2,1-2H3,(H,27,28). The van der Waals surface area contributed by atoms with E-state index < -0.39 is 12.3 Å². The van der Waals surface area contributed by atoms with Crippen LogP contribution in [0.4, 0.5) is 0 Å². The molecule has 0 amide bonds. The van der Waals surface area contributed by atoms with Crippen molar-refractivity contribution in [2.24, 2.45) is 5.92 Å². The molecule has 164 valence electrons. The molecule has 1 atom stereocenters. The number of hydrogen-bond acceptors (Lipinski definition) is 5. The lowest BCUT2D eigenvalue weighted by atomic mass is 9.89. The van der Waals surface area contributed by atoms with Crippen LogP contribution in [0.5, 0.6) is 5.75 Å². The van der Waals surface area contributed by atoms with Crippen molar-refractivity contribution >= 4 is 17.3 Å². The summed E-state index contributed by atoms with van der Waals surface area (Å²) in [4.78, 5) is 16.6. The molecule has 0 aliphatic heterocycles. The van der Waals surface area contributed by atoms with Gasteiger partial charge >= 0.3 is 5.97 Å². The van der Waals surface area contributed by atoms with Crippen molar-refractivity contribution in [3.63, 3.8) is 0 Å². The van der Waals surface area contributed by atoms with Gasteiger partial charge in [-0.05, 0) is 43.9 Å². The van der Waals surface area contributed by atoms with Gasteiger partial charge in [-0.25, -0.2) is 9.78 Å². The van der Waals surface area contributed by atoms with Crippen LogP contribution in [0.3, 0.4) is 0 Å². The van der Waals surface area contributed by atoms with Crippen molar-refractivity contribution in [3.8, 4) is 17.1 Å². The van der Waals surface area contributed by atoms with Crippen molar-refractivity contribution in [2.45, 2.75) is 51.9 Å². The minimum atomic E-state index is -0.904. The summed E-state index contributed by atoms with van der Waals surface area (Å²) >= 11 is 1.45. The Labute approximate surface area is 186 Å². The van der Waals surface area contributed by atoms with Crippen LogP contribution in [0.15, 0.2) is 41.8 Å². The number of methoxy groups -OCH3 is 1. The van der Waals surface area contributed by atoms with Crippen LogP contribution >= 0.6 is 11.3 Å². The Morgan fingerprint density at radius 3 is 2.68 bits per heavy atom. The van der Waals surface area contributed by atoms with Crippen LogP contribution in [-0.4, -0.2) is 27.7 Å². The number of carboxylic acid groups (broad SMARTS) is 1. The van der Waals surface area contributed by atoms with Crippen LogP contribution in [0.1, 0.15) is 59.5 Å². The minimum absolute atomic E-state index is 0.337. The van der Waals surface area contributed by atoms with E-state index in [1.54, 1.807) is 13.2 Å². The maximum absolute atomic E-state index is 11.8. The van der Waals surface area contributed by atoms with Gasteiger partial charge in [-0.1, -0.05) is 37.5 Å². The van der Waals surface area contributed by atoms with Crippen molar-refractivity contribution < 1.29 is 19.4 Å². The summed E-state index contributed by atoms with van der Waals surface area (Å²) in [6.07, 6.45) is 5.56. The van der Waals surface area contributed by atoms with Gasteiger partial charge in [0, 0.05) is 24.7 Å². The summed E-state index contributed by atoms with van der Waals surface area (Å²) in [6, 6.07) is 11.2. The van der Waals surface area contributed by atoms with Crippen LogP contribution in [0, 0.1) is 12.8 Å². The summed E-state index contributed by atoms with van der Waals surface area (Å²) in [5.74, 6) is 0.376. The predicted molar refractivity (Wildman–Crippen MR) is 121 cm³/mol. The zero-order valence-corrected chi connectivity index (χ0v) is 18.7. The van der Waals surface area contributed by atoms with Crippen molar-refractivity contribution in [1.29, 1.82) is 0 Å². The Hall–Kier alpha value is -2.64. The Balaban J connectivity index is 1.63. The Kier molecular flexibility index (Phi) is 6.73. The smallest absolute Gasteiger partial charge is 0.337 e. The van der Waals surface area contributed by atoms with Gasteiger partial charge in [0.1, 0.15) is 5.75 Å². The fourth-order valence-electron chi connectivity index (χ4n) is 4.27. The van der Waals surface area contributed by atoms with E-state index in [0.29, 0.717) is 22.2 Å². The Bertz CT molecular complexity index is 1020. The highest BCUT2D eigenvalue weighted by molar-refractivity contribution is 7.10. The van der Waals surface area contributed by atoms with Crippen molar-refractivity contribution in [1.82, 2.24) is 9.55 Å². The average molecular weight is 441 g/mol. The molecule has 0 spiro atoms. The summed E-state index contributed by atoms with van der Waals surface area (Å²) < 4.78 is 13.6. The lowest BCUT2D eigenvalue weighted by Crippen LogP contribution is -2.16. The molecule has 1 saturated carbocycles. The largest absolute Gasteiger partial charge is 0.478 e. The van der Waals surface area contributed by atoms with Gasteiger partial charge in [0.2, 0.25) is 0 Å². The van der Waals surface area contributed by atoms with E-state index in [0.717, 1.165) is 23.6 Å². The molecule has 1 aliphatic carbocycles. The molecule has 2 aromatic heterocycles. The van der Waals surface area contributed by atoms with E-state index in [1.807, 2.05) is 42.6 Å². The molecule has 1 aromatic carbocycles. The number of rotatable bonds is 8. The SMILES string of the molecule is COC(Oc1ccccc1)c1nc(-c2cc(C(=O)O)c(C)n2CC2CCCCC2)cs1. The lowest BCUT2D eigenvalue weighted by Gasteiger charge is -2.24. The quantitative estimate of drug-likeness (QED) is 0.440. The fraction of sp³-hybridized carbons (Fsp3) is 0.417. The summed E-state index contributed by atoms with van der Waals surface area (Å²) in [5.41, 5.74) is 2.72. The van der Waals surface area contributed by atoms with Crippen LogP contribution in [-0.2, 0) is 11.3 Å². The maximum atomic E-state index is 11.8. The van der Waals surface area contributed by atoms with Crippen molar-refractivity contribution in [2.75, 3.05) is 7.11 Å². The molecule has 3 aromatic rings. The predicted octanol–water partition coefficient (Wildman–Crippen LogP) is 5.92. The second-order valence-corrected chi connectivity index (χ2v) is 8.91. The number of aromatic carboxylic acids is 1. The van der Waals surface area contributed by atoms with Crippen LogP contribution < -0.4 is 4.74 Å². The van der Waals surface area contributed by atoms with Crippen LogP contribution in [0.25, 0.3) is 11.4 Å². The number of aromatic nitrogens is 2. The Morgan fingerprint density at radius 1 is 1.26 bits per heavy atom. The highest BCUT2D eigenvalue weighted by Crippen LogP contribution is 2.33. The number of carboxylic acids is 1. The van der Waals surface area contributed by atoms with Crippen LogP contribution in [0.2, 0.25) is 0 Å². The molecule has 7 heteroatoms. The molecule has 0 radical (unpaired) electrons. The monoisotopic (exact) mass is 440 g/mol. The summed E-state index contributed by atoms with van der Waals surface area (Å²) in [7, 11) is 1.59. The Morgan fingerprint density at radius 2 is 2.00 bits per heavy atom. The molecule has 4 rings (SSSR count). The van der Waals surface area contributed by atoms with Gasteiger partial charge in [0.25, 0.3) is 6.29 Å². The molecular weight excluding hydrogens is 412 g/mol. The first-order valence-corrected chi connectivity index (χ1v) is 11.6. The second-order valence-electron chi connectivity index (χ2n) is 8.02.